The summed E-state index contributed by atoms with van der Waals surface area (Å²) in [4.78, 5) is 11.6. The van der Waals surface area contributed by atoms with Crippen LogP contribution in [0.1, 0.15) is 33.7 Å². The van der Waals surface area contributed by atoms with Crippen LogP contribution in [0.3, 0.4) is 0 Å². The smallest absolute Gasteiger partial charge is 0.254 e. The van der Waals surface area contributed by atoms with Crippen LogP contribution in [0.4, 0.5) is 0 Å². The molecule has 18 heavy (non-hydrogen) atoms. The zero-order chi connectivity index (χ0) is 13.0. The molecule has 0 aliphatic rings. The number of amides is 1. The molecular formula is C12H17N5O. The number of nitrogens with one attached hydrogen (secondary N) is 3. The number of carbonyl (C=O) groups is 1. The monoisotopic (exact) mass is 247 g/mol. The molecule has 0 unspecified atom stereocenters. The Labute approximate surface area is 105 Å². The van der Waals surface area contributed by atoms with Gasteiger partial charge in [-0.2, -0.15) is 10.2 Å². The second-order valence-electron chi connectivity index (χ2n) is 4.26. The summed E-state index contributed by atoms with van der Waals surface area (Å²) in [6.07, 6.45) is 4.91. The molecule has 0 saturated heterocycles. The van der Waals surface area contributed by atoms with Crippen molar-refractivity contribution in [3.8, 4) is 0 Å². The summed E-state index contributed by atoms with van der Waals surface area (Å²) >= 11 is 0. The van der Waals surface area contributed by atoms with Gasteiger partial charge in [-0.1, -0.05) is 0 Å². The van der Waals surface area contributed by atoms with E-state index < -0.39 is 0 Å². The molecule has 0 radical (unpaired) electrons. The Hall–Kier alpha value is -2.11. The maximum absolute atomic E-state index is 11.6. The minimum absolute atomic E-state index is 0.0932. The molecule has 6 nitrogen and oxygen atoms in total. The van der Waals surface area contributed by atoms with Crippen LogP contribution in [0, 0.1) is 13.8 Å². The van der Waals surface area contributed by atoms with Crippen molar-refractivity contribution in [1.82, 2.24) is 25.7 Å². The first kappa shape index (κ1) is 12.3. The van der Waals surface area contributed by atoms with E-state index in [9.17, 15) is 4.79 Å². The van der Waals surface area contributed by atoms with E-state index in [0.717, 1.165) is 24.2 Å². The van der Waals surface area contributed by atoms with E-state index in [0.29, 0.717) is 12.1 Å². The van der Waals surface area contributed by atoms with Crippen LogP contribution in [0.2, 0.25) is 0 Å². The highest BCUT2D eigenvalue weighted by atomic mass is 16.1. The minimum atomic E-state index is -0.0932. The number of nitrogens with zero attached hydrogens (tertiary/aromatic N) is 2. The summed E-state index contributed by atoms with van der Waals surface area (Å²) in [5.74, 6) is -0.0932. The Morgan fingerprint density at radius 3 is 2.89 bits per heavy atom. The normalized spacial score (nSPS) is 10.6. The number of rotatable bonds is 5. The van der Waals surface area contributed by atoms with E-state index in [1.165, 1.54) is 11.8 Å². The van der Waals surface area contributed by atoms with E-state index in [1.807, 2.05) is 13.8 Å². The highest BCUT2D eigenvalue weighted by Gasteiger charge is 2.07. The number of aromatic amines is 2. The predicted octanol–water partition coefficient (Wildman–Crippen LogP) is 1.11. The highest BCUT2D eigenvalue weighted by Crippen LogP contribution is 2.11. The van der Waals surface area contributed by atoms with Crippen LogP contribution in [0.5, 0.6) is 0 Å². The number of aryl methyl sites for hydroxylation is 2. The van der Waals surface area contributed by atoms with Crippen molar-refractivity contribution in [2.75, 3.05) is 6.54 Å². The fourth-order valence-corrected chi connectivity index (χ4v) is 1.89. The second kappa shape index (κ2) is 5.48. The zero-order valence-corrected chi connectivity index (χ0v) is 10.6. The molecule has 2 heterocycles. The first-order valence-electron chi connectivity index (χ1n) is 5.96. The minimum Gasteiger partial charge on any atom is -0.352 e. The Morgan fingerprint density at radius 2 is 2.28 bits per heavy atom. The first-order chi connectivity index (χ1) is 8.68. The molecule has 2 rings (SSSR count). The molecule has 0 spiro atoms. The third kappa shape index (κ3) is 2.77. The average molecular weight is 247 g/mol. The number of carbonyl (C=O) groups excluding carboxylic acids is 1. The lowest BCUT2D eigenvalue weighted by atomic mass is 10.1. The summed E-state index contributed by atoms with van der Waals surface area (Å²) < 4.78 is 0. The molecule has 0 aliphatic heterocycles. The molecule has 0 bridgehead atoms. The van der Waals surface area contributed by atoms with Crippen molar-refractivity contribution in [1.29, 1.82) is 0 Å². The van der Waals surface area contributed by atoms with Gasteiger partial charge in [-0.05, 0) is 32.3 Å². The van der Waals surface area contributed by atoms with Gasteiger partial charge in [0.05, 0.1) is 17.5 Å². The molecule has 0 fully saturated rings. The fourth-order valence-electron chi connectivity index (χ4n) is 1.89. The number of H-pyrrole nitrogens is 2. The zero-order valence-electron chi connectivity index (χ0n) is 10.6. The van der Waals surface area contributed by atoms with Gasteiger partial charge in [0.15, 0.2) is 0 Å². The quantitative estimate of drug-likeness (QED) is 0.692. The fraction of sp³-hybridized carbons (Fsp3) is 0.417. The lowest BCUT2D eigenvalue weighted by Crippen LogP contribution is -2.24. The standard InChI is InChI=1S/C12H17N5O/c1-8-11(9(2)17-16-8)4-3-5-13-12(18)10-6-14-15-7-10/h6-7H,3-5H2,1-2H3,(H,13,18)(H,14,15)(H,16,17). The first-order valence-corrected chi connectivity index (χ1v) is 5.96. The molecule has 0 saturated carbocycles. The number of hydrogen-bond donors (Lipinski definition) is 3. The summed E-state index contributed by atoms with van der Waals surface area (Å²) in [5, 5.41) is 16.3. The lowest BCUT2D eigenvalue weighted by molar-refractivity contribution is 0.0953. The molecule has 2 aromatic rings. The van der Waals surface area contributed by atoms with Gasteiger partial charge in [-0.15, -0.1) is 0 Å². The van der Waals surface area contributed by atoms with Crippen molar-refractivity contribution in [2.45, 2.75) is 26.7 Å². The van der Waals surface area contributed by atoms with Gasteiger partial charge in [-0.25, -0.2) is 0 Å². The van der Waals surface area contributed by atoms with E-state index >= 15 is 0 Å². The molecular weight excluding hydrogens is 230 g/mol. The second-order valence-corrected chi connectivity index (χ2v) is 4.26. The van der Waals surface area contributed by atoms with Crippen molar-refractivity contribution in [3.05, 3.63) is 34.9 Å². The van der Waals surface area contributed by atoms with E-state index in [-0.39, 0.29) is 5.91 Å². The molecule has 2 aromatic heterocycles. The van der Waals surface area contributed by atoms with Crippen LogP contribution in [0.15, 0.2) is 12.4 Å². The Morgan fingerprint density at radius 1 is 1.44 bits per heavy atom. The van der Waals surface area contributed by atoms with Crippen LogP contribution in [-0.4, -0.2) is 32.8 Å². The van der Waals surface area contributed by atoms with Gasteiger partial charge in [-0.3, -0.25) is 15.0 Å². The maximum atomic E-state index is 11.6. The van der Waals surface area contributed by atoms with E-state index in [2.05, 4.69) is 25.7 Å². The van der Waals surface area contributed by atoms with E-state index in [1.54, 1.807) is 6.20 Å². The Bertz CT molecular complexity index is 495. The van der Waals surface area contributed by atoms with Crippen LogP contribution < -0.4 is 5.32 Å². The lowest BCUT2D eigenvalue weighted by Gasteiger charge is -2.04. The van der Waals surface area contributed by atoms with Gasteiger partial charge in [0.2, 0.25) is 0 Å². The number of aromatic nitrogens is 4. The topological polar surface area (TPSA) is 86.5 Å². The SMILES string of the molecule is Cc1n[nH]c(C)c1CCCNC(=O)c1cn[nH]c1. The summed E-state index contributed by atoms with van der Waals surface area (Å²) in [6.45, 7) is 4.65. The third-order valence-corrected chi connectivity index (χ3v) is 2.93. The molecule has 0 aliphatic carbocycles. The van der Waals surface area contributed by atoms with Gasteiger partial charge in [0.25, 0.3) is 5.91 Å². The maximum Gasteiger partial charge on any atom is 0.254 e. The Kier molecular flexibility index (Phi) is 3.76. The van der Waals surface area contributed by atoms with E-state index in [4.69, 9.17) is 0 Å². The highest BCUT2D eigenvalue weighted by molar-refractivity contribution is 5.93. The molecule has 0 atom stereocenters. The van der Waals surface area contributed by atoms with Gasteiger partial charge in [0, 0.05) is 18.4 Å². The van der Waals surface area contributed by atoms with Crippen molar-refractivity contribution < 1.29 is 4.79 Å². The predicted molar refractivity (Wildman–Crippen MR) is 67.3 cm³/mol. The van der Waals surface area contributed by atoms with Gasteiger partial charge >= 0.3 is 0 Å². The third-order valence-electron chi connectivity index (χ3n) is 2.93. The summed E-state index contributed by atoms with van der Waals surface area (Å²) in [7, 11) is 0. The van der Waals surface area contributed by atoms with Crippen molar-refractivity contribution in [2.24, 2.45) is 0 Å². The number of hydrogen-bond acceptors (Lipinski definition) is 3. The van der Waals surface area contributed by atoms with Gasteiger partial charge < -0.3 is 5.32 Å². The van der Waals surface area contributed by atoms with Gasteiger partial charge in [0.1, 0.15) is 0 Å². The Balaban J connectivity index is 1.75. The average Bonchev–Trinajstić information content (AvgIpc) is 2.97. The van der Waals surface area contributed by atoms with Crippen LogP contribution in [-0.2, 0) is 6.42 Å². The van der Waals surface area contributed by atoms with Crippen LogP contribution >= 0.6 is 0 Å². The molecule has 3 N–H and O–H groups in total. The molecule has 0 aromatic carbocycles. The summed E-state index contributed by atoms with van der Waals surface area (Å²) in [5.41, 5.74) is 3.94. The largest absolute Gasteiger partial charge is 0.352 e. The molecule has 1 amide bonds. The van der Waals surface area contributed by atoms with Crippen molar-refractivity contribution >= 4 is 5.91 Å². The summed E-state index contributed by atoms with van der Waals surface area (Å²) in [6, 6.07) is 0. The van der Waals surface area contributed by atoms with Crippen LogP contribution in [0.25, 0.3) is 0 Å². The molecule has 96 valence electrons. The molecule has 6 heteroatoms. The van der Waals surface area contributed by atoms with Crippen molar-refractivity contribution in [3.63, 3.8) is 0 Å².